The standard InChI is InChI=1S/C23H26N4O2S/c28-23(29-15-18-4-2-1-3-5-18)26-20-8-6-17(7-9-20)14-25-22-27-21(16-30-22)19-10-12-24-13-11-19/h1-5,10-13,16-17,20H,6-9,14-15H2,(H,25,27)(H,26,28)/t17-,20-. The molecule has 1 aliphatic rings. The Morgan fingerprint density at radius 2 is 1.83 bits per heavy atom. The number of pyridine rings is 1. The Kier molecular flexibility index (Phi) is 6.92. The number of aromatic nitrogens is 2. The van der Waals surface area contributed by atoms with Gasteiger partial charge in [-0.3, -0.25) is 4.98 Å². The van der Waals surface area contributed by atoms with Crippen molar-refractivity contribution in [3.63, 3.8) is 0 Å². The lowest BCUT2D eigenvalue weighted by molar-refractivity contribution is 0.131. The molecular weight excluding hydrogens is 396 g/mol. The number of carbonyl (C=O) groups excluding carboxylic acids is 1. The fraction of sp³-hybridized carbons (Fsp3) is 0.348. The van der Waals surface area contributed by atoms with Crippen LogP contribution in [-0.2, 0) is 11.3 Å². The van der Waals surface area contributed by atoms with E-state index < -0.39 is 0 Å². The number of amides is 1. The molecule has 0 atom stereocenters. The minimum atomic E-state index is -0.327. The molecule has 7 heteroatoms. The normalized spacial score (nSPS) is 18.5. The van der Waals surface area contributed by atoms with Crippen molar-refractivity contribution >= 4 is 22.6 Å². The van der Waals surface area contributed by atoms with Crippen LogP contribution in [-0.4, -0.2) is 28.6 Å². The van der Waals surface area contributed by atoms with Gasteiger partial charge in [-0.2, -0.15) is 0 Å². The first kappa shape index (κ1) is 20.3. The predicted octanol–water partition coefficient (Wildman–Crippen LogP) is 5.10. The van der Waals surface area contributed by atoms with Gasteiger partial charge in [-0.15, -0.1) is 11.3 Å². The maximum Gasteiger partial charge on any atom is 0.407 e. The summed E-state index contributed by atoms with van der Waals surface area (Å²) in [6.45, 7) is 1.22. The third-order valence-electron chi connectivity index (χ3n) is 5.40. The predicted molar refractivity (Wildman–Crippen MR) is 119 cm³/mol. The Morgan fingerprint density at radius 3 is 2.60 bits per heavy atom. The molecule has 1 amide bonds. The number of ether oxygens (including phenoxy) is 1. The second-order valence-electron chi connectivity index (χ2n) is 7.58. The van der Waals surface area contributed by atoms with Gasteiger partial charge in [0.25, 0.3) is 0 Å². The number of alkyl carbamates (subject to hydrolysis) is 1. The molecule has 3 aromatic rings. The number of benzene rings is 1. The zero-order chi connectivity index (χ0) is 20.6. The van der Waals surface area contributed by atoms with Gasteiger partial charge in [0.05, 0.1) is 5.69 Å². The van der Waals surface area contributed by atoms with Crippen LogP contribution in [0.2, 0.25) is 0 Å². The van der Waals surface area contributed by atoms with E-state index in [0.29, 0.717) is 12.5 Å². The van der Waals surface area contributed by atoms with Crippen molar-refractivity contribution in [2.45, 2.75) is 38.3 Å². The highest BCUT2D eigenvalue weighted by Crippen LogP contribution is 2.27. The first-order chi connectivity index (χ1) is 14.8. The molecule has 2 heterocycles. The Morgan fingerprint density at radius 1 is 1.07 bits per heavy atom. The number of thiazole rings is 1. The van der Waals surface area contributed by atoms with Gasteiger partial charge in [0, 0.05) is 35.9 Å². The number of nitrogens with zero attached hydrogens (tertiary/aromatic N) is 2. The lowest BCUT2D eigenvalue weighted by atomic mass is 9.86. The van der Waals surface area contributed by atoms with E-state index in [-0.39, 0.29) is 12.1 Å². The van der Waals surface area contributed by atoms with Crippen LogP contribution in [0.1, 0.15) is 31.2 Å². The molecule has 0 unspecified atom stereocenters. The van der Waals surface area contributed by atoms with Crippen molar-refractivity contribution in [3.8, 4) is 11.3 Å². The highest BCUT2D eigenvalue weighted by Gasteiger charge is 2.23. The van der Waals surface area contributed by atoms with Crippen LogP contribution in [0.5, 0.6) is 0 Å². The first-order valence-corrected chi connectivity index (χ1v) is 11.2. The number of carbonyl (C=O) groups is 1. The summed E-state index contributed by atoms with van der Waals surface area (Å²) in [7, 11) is 0. The van der Waals surface area contributed by atoms with Gasteiger partial charge in [-0.1, -0.05) is 30.3 Å². The van der Waals surface area contributed by atoms with E-state index in [1.165, 1.54) is 0 Å². The Bertz CT molecular complexity index is 925. The maximum absolute atomic E-state index is 12.0. The topological polar surface area (TPSA) is 76.1 Å². The summed E-state index contributed by atoms with van der Waals surface area (Å²) >= 11 is 1.63. The van der Waals surface area contributed by atoms with Crippen LogP contribution in [0.4, 0.5) is 9.93 Å². The molecule has 30 heavy (non-hydrogen) atoms. The number of anilines is 1. The van der Waals surface area contributed by atoms with Crippen molar-refractivity contribution in [2.75, 3.05) is 11.9 Å². The van der Waals surface area contributed by atoms with Crippen molar-refractivity contribution in [2.24, 2.45) is 5.92 Å². The van der Waals surface area contributed by atoms with Crippen LogP contribution in [0.3, 0.4) is 0 Å². The molecule has 1 aromatic carbocycles. The van der Waals surface area contributed by atoms with E-state index in [9.17, 15) is 4.79 Å². The number of rotatable bonds is 7. The fourth-order valence-corrected chi connectivity index (χ4v) is 4.41. The molecule has 0 aliphatic heterocycles. The molecule has 2 N–H and O–H groups in total. The zero-order valence-electron chi connectivity index (χ0n) is 16.8. The van der Waals surface area contributed by atoms with Crippen molar-refractivity contribution < 1.29 is 9.53 Å². The summed E-state index contributed by atoms with van der Waals surface area (Å²) in [4.78, 5) is 20.8. The highest BCUT2D eigenvalue weighted by molar-refractivity contribution is 7.14. The lowest BCUT2D eigenvalue weighted by Gasteiger charge is -2.28. The third-order valence-corrected chi connectivity index (χ3v) is 6.20. The highest BCUT2D eigenvalue weighted by atomic mass is 32.1. The van der Waals surface area contributed by atoms with E-state index in [1.54, 1.807) is 23.7 Å². The SMILES string of the molecule is O=C(N[C@H]1CC[C@H](CNc2nc(-c3ccncc3)cs2)CC1)OCc1ccccc1. The van der Waals surface area contributed by atoms with Crippen LogP contribution in [0, 0.1) is 5.92 Å². The molecule has 1 saturated carbocycles. The molecule has 0 bridgehead atoms. The second kappa shape index (κ2) is 10.2. The maximum atomic E-state index is 12.0. The van der Waals surface area contributed by atoms with Crippen LogP contribution in [0.15, 0.2) is 60.2 Å². The van der Waals surface area contributed by atoms with Crippen molar-refractivity contribution in [1.29, 1.82) is 0 Å². The number of hydrogen-bond donors (Lipinski definition) is 2. The second-order valence-corrected chi connectivity index (χ2v) is 8.44. The quantitative estimate of drug-likeness (QED) is 0.554. The molecule has 156 valence electrons. The molecule has 1 aliphatic carbocycles. The van der Waals surface area contributed by atoms with E-state index in [0.717, 1.165) is 54.2 Å². The Labute approximate surface area is 180 Å². The van der Waals surface area contributed by atoms with Gasteiger partial charge in [-0.25, -0.2) is 9.78 Å². The average Bonchev–Trinajstić information content (AvgIpc) is 3.28. The minimum Gasteiger partial charge on any atom is -0.445 e. The molecule has 0 radical (unpaired) electrons. The van der Waals surface area contributed by atoms with E-state index >= 15 is 0 Å². The summed E-state index contributed by atoms with van der Waals surface area (Å²) in [5, 5.41) is 9.51. The van der Waals surface area contributed by atoms with Gasteiger partial charge in [0.15, 0.2) is 5.13 Å². The number of nitrogens with one attached hydrogen (secondary N) is 2. The minimum absolute atomic E-state index is 0.197. The van der Waals surface area contributed by atoms with Crippen molar-refractivity contribution in [3.05, 3.63) is 65.8 Å². The number of hydrogen-bond acceptors (Lipinski definition) is 6. The van der Waals surface area contributed by atoms with Crippen LogP contribution >= 0.6 is 11.3 Å². The first-order valence-electron chi connectivity index (χ1n) is 10.3. The van der Waals surface area contributed by atoms with Crippen LogP contribution < -0.4 is 10.6 Å². The monoisotopic (exact) mass is 422 g/mol. The smallest absolute Gasteiger partial charge is 0.407 e. The lowest BCUT2D eigenvalue weighted by Crippen LogP contribution is -2.38. The van der Waals surface area contributed by atoms with E-state index in [2.05, 4.69) is 26.0 Å². The summed E-state index contributed by atoms with van der Waals surface area (Å²) in [6, 6.07) is 13.9. The van der Waals surface area contributed by atoms with Gasteiger partial charge in [-0.05, 0) is 49.3 Å². The summed E-state index contributed by atoms with van der Waals surface area (Å²) < 4.78 is 5.33. The summed E-state index contributed by atoms with van der Waals surface area (Å²) in [5.74, 6) is 0.594. The molecular formula is C23H26N4O2S. The third kappa shape index (κ3) is 5.79. The average molecular weight is 423 g/mol. The van der Waals surface area contributed by atoms with Gasteiger partial charge in [0.1, 0.15) is 6.61 Å². The summed E-state index contributed by atoms with van der Waals surface area (Å²) in [5.41, 5.74) is 3.06. The van der Waals surface area contributed by atoms with Crippen molar-refractivity contribution in [1.82, 2.24) is 15.3 Å². The van der Waals surface area contributed by atoms with E-state index in [1.807, 2.05) is 42.5 Å². The molecule has 6 nitrogen and oxygen atoms in total. The van der Waals surface area contributed by atoms with Crippen LogP contribution in [0.25, 0.3) is 11.3 Å². The molecule has 2 aromatic heterocycles. The molecule has 0 spiro atoms. The molecule has 4 rings (SSSR count). The zero-order valence-corrected chi connectivity index (χ0v) is 17.6. The molecule has 0 saturated heterocycles. The molecule has 1 fully saturated rings. The van der Waals surface area contributed by atoms with Gasteiger partial charge < -0.3 is 15.4 Å². The van der Waals surface area contributed by atoms with E-state index in [4.69, 9.17) is 4.74 Å². The largest absolute Gasteiger partial charge is 0.445 e. The Hall–Kier alpha value is -2.93. The fourth-order valence-electron chi connectivity index (χ4n) is 3.68. The van der Waals surface area contributed by atoms with Gasteiger partial charge >= 0.3 is 6.09 Å². The Balaban J connectivity index is 1.15. The van der Waals surface area contributed by atoms with Gasteiger partial charge in [0.2, 0.25) is 0 Å². The summed E-state index contributed by atoms with van der Waals surface area (Å²) in [6.07, 6.45) is 7.36.